The van der Waals surface area contributed by atoms with E-state index in [1.54, 1.807) is 18.2 Å². The molecule has 1 heterocycles. The van der Waals surface area contributed by atoms with E-state index in [0.717, 1.165) is 21.1 Å². The highest BCUT2D eigenvalue weighted by atomic mass is 79.9. The summed E-state index contributed by atoms with van der Waals surface area (Å²) in [7, 11) is 0. The average molecular weight is 358 g/mol. The number of aromatic nitrogens is 2. The van der Waals surface area contributed by atoms with E-state index in [1.807, 2.05) is 24.3 Å². The first-order valence-electron chi connectivity index (χ1n) is 6.57. The van der Waals surface area contributed by atoms with Crippen molar-refractivity contribution in [3.63, 3.8) is 0 Å². The number of hydrogen-bond donors (Lipinski definition) is 1. The Morgan fingerprint density at radius 1 is 1.18 bits per heavy atom. The average Bonchev–Trinajstić information content (AvgIpc) is 2.47. The number of fused-ring (bicyclic) bond motifs is 1. The van der Waals surface area contributed by atoms with E-state index >= 15 is 0 Å². The maximum Gasteiger partial charge on any atom is 0.308 e. The quantitative estimate of drug-likeness (QED) is 0.565. The second kappa shape index (κ2) is 6.11. The molecule has 6 heteroatoms. The summed E-state index contributed by atoms with van der Waals surface area (Å²) >= 11 is 3.45. The van der Waals surface area contributed by atoms with E-state index in [-0.39, 0.29) is 5.97 Å². The van der Waals surface area contributed by atoms with Crippen LogP contribution in [0.4, 0.5) is 11.5 Å². The summed E-state index contributed by atoms with van der Waals surface area (Å²) < 4.78 is 6.03. The summed E-state index contributed by atoms with van der Waals surface area (Å²) in [6, 6.07) is 12.9. The van der Waals surface area contributed by atoms with Crippen molar-refractivity contribution in [2.24, 2.45) is 0 Å². The predicted octanol–water partition coefficient (Wildman–Crippen LogP) is 4.06. The van der Waals surface area contributed by atoms with Crippen LogP contribution in [0.25, 0.3) is 10.9 Å². The zero-order valence-corrected chi connectivity index (χ0v) is 13.3. The third-order valence-electron chi connectivity index (χ3n) is 2.96. The Kier molecular flexibility index (Phi) is 4.02. The Morgan fingerprint density at radius 3 is 2.86 bits per heavy atom. The second-order valence-corrected chi connectivity index (χ2v) is 5.55. The Balaban J connectivity index is 1.96. The van der Waals surface area contributed by atoms with E-state index < -0.39 is 0 Å². The minimum atomic E-state index is -0.353. The monoisotopic (exact) mass is 357 g/mol. The van der Waals surface area contributed by atoms with Gasteiger partial charge in [0, 0.05) is 28.5 Å². The van der Waals surface area contributed by atoms with Crippen molar-refractivity contribution >= 4 is 44.3 Å². The molecule has 0 fully saturated rings. The summed E-state index contributed by atoms with van der Waals surface area (Å²) in [5.74, 6) is 0.817. The number of esters is 1. The fourth-order valence-electron chi connectivity index (χ4n) is 2.07. The highest BCUT2D eigenvalue weighted by Gasteiger charge is 2.06. The fourth-order valence-corrected chi connectivity index (χ4v) is 2.43. The molecule has 0 saturated carbocycles. The number of ether oxygens (including phenoxy) is 1. The summed E-state index contributed by atoms with van der Waals surface area (Å²) in [5, 5.41) is 4.12. The van der Waals surface area contributed by atoms with E-state index in [9.17, 15) is 4.79 Å². The first-order valence-corrected chi connectivity index (χ1v) is 7.37. The molecule has 0 radical (unpaired) electrons. The van der Waals surface area contributed by atoms with Crippen molar-refractivity contribution in [1.29, 1.82) is 0 Å². The molecule has 2 aromatic carbocycles. The molecule has 3 rings (SSSR count). The normalized spacial score (nSPS) is 10.5. The summed E-state index contributed by atoms with van der Waals surface area (Å²) in [4.78, 5) is 19.5. The molecule has 0 aliphatic heterocycles. The van der Waals surface area contributed by atoms with Gasteiger partial charge < -0.3 is 10.1 Å². The third kappa shape index (κ3) is 3.23. The van der Waals surface area contributed by atoms with Gasteiger partial charge in [-0.15, -0.1) is 0 Å². The maximum atomic E-state index is 11.0. The van der Waals surface area contributed by atoms with Crippen LogP contribution in [-0.2, 0) is 4.79 Å². The largest absolute Gasteiger partial charge is 0.427 e. The third-order valence-corrected chi connectivity index (χ3v) is 3.45. The Morgan fingerprint density at radius 2 is 2.05 bits per heavy atom. The topological polar surface area (TPSA) is 64.1 Å². The Labute approximate surface area is 135 Å². The molecule has 22 heavy (non-hydrogen) atoms. The van der Waals surface area contributed by atoms with Gasteiger partial charge in [0.1, 0.15) is 17.9 Å². The Hall–Kier alpha value is -2.47. The molecule has 1 N–H and O–H groups in total. The van der Waals surface area contributed by atoms with Gasteiger partial charge >= 0.3 is 5.97 Å². The van der Waals surface area contributed by atoms with Crippen molar-refractivity contribution in [2.45, 2.75) is 6.92 Å². The van der Waals surface area contributed by atoms with Crippen molar-refractivity contribution in [2.75, 3.05) is 5.32 Å². The Bertz CT molecular complexity index is 852. The van der Waals surface area contributed by atoms with Gasteiger partial charge in [-0.1, -0.05) is 22.0 Å². The number of halogens is 1. The summed E-state index contributed by atoms with van der Waals surface area (Å²) in [6.07, 6.45) is 1.51. The van der Waals surface area contributed by atoms with Gasteiger partial charge in [0.05, 0.1) is 5.52 Å². The van der Waals surface area contributed by atoms with Crippen molar-refractivity contribution < 1.29 is 9.53 Å². The number of hydrogen-bond acceptors (Lipinski definition) is 5. The number of nitrogens with zero attached hydrogens (tertiary/aromatic N) is 2. The molecular formula is C16H12BrN3O2. The number of carbonyl (C=O) groups is 1. The lowest BCUT2D eigenvalue weighted by atomic mass is 10.2. The SMILES string of the molecule is CC(=O)Oc1cccc(Nc2ncnc3ccc(Br)cc23)c1. The smallest absolute Gasteiger partial charge is 0.308 e. The van der Waals surface area contributed by atoms with Gasteiger partial charge in [-0.05, 0) is 30.3 Å². The van der Waals surface area contributed by atoms with Crippen LogP contribution in [0.2, 0.25) is 0 Å². The van der Waals surface area contributed by atoms with Crippen molar-refractivity contribution in [3.8, 4) is 5.75 Å². The first-order chi connectivity index (χ1) is 10.6. The second-order valence-electron chi connectivity index (χ2n) is 4.63. The molecule has 1 aromatic heterocycles. The van der Waals surface area contributed by atoms with Gasteiger partial charge in [-0.3, -0.25) is 4.79 Å². The first kappa shape index (κ1) is 14.5. The van der Waals surface area contributed by atoms with E-state index in [0.29, 0.717) is 11.6 Å². The number of benzene rings is 2. The van der Waals surface area contributed by atoms with Crippen molar-refractivity contribution in [1.82, 2.24) is 9.97 Å². The van der Waals surface area contributed by atoms with Crippen LogP contribution < -0.4 is 10.1 Å². The molecule has 5 nitrogen and oxygen atoms in total. The zero-order chi connectivity index (χ0) is 15.5. The number of carbonyl (C=O) groups excluding carboxylic acids is 1. The molecule has 0 spiro atoms. The summed E-state index contributed by atoms with van der Waals surface area (Å²) in [5.41, 5.74) is 1.62. The van der Waals surface area contributed by atoms with E-state index in [4.69, 9.17) is 4.74 Å². The summed E-state index contributed by atoms with van der Waals surface area (Å²) in [6.45, 7) is 1.37. The number of anilines is 2. The van der Waals surface area contributed by atoms with Gasteiger partial charge in [0.25, 0.3) is 0 Å². The number of rotatable bonds is 3. The highest BCUT2D eigenvalue weighted by Crippen LogP contribution is 2.27. The van der Waals surface area contributed by atoms with Crippen LogP contribution in [0.5, 0.6) is 5.75 Å². The lowest BCUT2D eigenvalue weighted by Gasteiger charge is -2.09. The van der Waals surface area contributed by atoms with Crippen molar-refractivity contribution in [3.05, 3.63) is 53.3 Å². The van der Waals surface area contributed by atoms with Crippen LogP contribution in [0.1, 0.15) is 6.92 Å². The van der Waals surface area contributed by atoms with Crippen LogP contribution in [0, 0.1) is 0 Å². The van der Waals surface area contributed by atoms with Gasteiger partial charge in [0.15, 0.2) is 0 Å². The van der Waals surface area contributed by atoms with Crippen LogP contribution in [-0.4, -0.2) is 15.9 Å². The molecule has 3 aromatic rings. The molecule has 0 bridgehead atoms. The lowest BCUT2D eigenvalue weighted by Crippen LogP contribution is -2.02. The van der Waals surface area contributed by atoms with Gasteiger partial charge in [-0.2, -0.15) is 0 Å². The van der Waals surface area contributed by atoms with Gasteiger partial charge in [-0.25, -0.2) is 9.97 Å². The highest BCUT2D eigenvalue weighted by molar-refractivity contribution is 9.10. The van der Waals surface area contributed by atoms with Crippen LogP contribution in [0.15, 0.2) is 53.3 Å². The molecule has 0 saturated heterocycles. The van der Waals surface area contributed by atoms with Crippen LogP contribution in [0.3, 0.4) is 0 Å². The lowest BCUT2D eigenvalue weighted by molar-refractivity contribution is -0.131. The molecule has 0 amide bonds. The van der Waals surface area contributed by atoms with E-state index in [2.05, 4.69) is 31.2 Å². The minimum Gasteiger partial charge on any atom is -0.427 e. The minimum absolute atomic E-state index is 0.353. The van der Waals surface area contributed by atoms with Crippen LogP contribution >= 0.6 is 15.9 Å². The van der Waals surface area contributed by atoms with Gasteiger partial charge in [0.2, 0.25) is 0 Å². The maximum absolute atomic E-state index is 11.0. The zero-order valence-electron chi connectivity index (χ0n) is 11.7. The molecular weight excluding hydrogens is 346 g/mol. The predicted molar refractivity (Wildman–Crippen MR) is 88.3 cm³/mol. The molecule has 110 valence electrons. The molecule has 0 atom stereocenters. The standard InChI is InChI=1S/C16H12BrN3O2/c1-10(21)22-13-4-2-3-12(8-13)20-16-14-7-11(17)5-6-15(14)18-9-19-16/h2-9H,1H3,(H,18,19,20). The molecule has 0 aliphatic carbocycles. The van der Waals surface area contributed by atoms with E-state index in [1.165, 1.54) is 13.3 Å². The molecule has 0 unspecified atom stereocenters. The fraction of sp³-hybridized carbons (Fsp3) is 0.0625. The molecule has 0 aliphatic rings. The number of nitrogens with one attached hydrogen (secondary N) is 1.